The second kappa shape index (κ2) is 11.3. The number of pyridine rings is 2. The molecule has 0 aliphatic carbocycles. The fraction of sp³-hybridized carbons (Fsp3) is 0.429. The van der Waals surface area contributed by atoms with Crippen molar-refractivity contribution in [2.45, 2.75) is 52.5 Å². The van der Waals surface area contributed by atoms with Crippen molar-refractivity contribution in [1.82, 2.24) is 14.6 Å². The molecule has 1 unspecified atom stereocenters. The van der Waals surface area contributed by atoms with Crippen molar-refractivity contribution in [2.24, 2.45) is 0 Å². The topological polar surface area (TPSA) is 139 Å². The largest absolute Gasteiger partial charge is 0.454 e. The number of fused-ring (bicyclic) bond motifs is 5. The maximum Gasteiger partial charge on any atom is 0.304 e. The monoisotopic (exact) mass is 553 g/mol. The van der Waals surface area contributed by atoms with E-state index in [1.54, 1.807) is 21.8 Å². The predicted octanol–water partition coefficient (Wildman–Crippen LogP) is 2.24. The summed E-state index contributed by atoms with van der Waals surface area (Å²) in [4.78, 5) is 46.9. The van der Waals surface area contributed by atoms with Gasteiger partial charge in [0.25, 0.3) is 5.56 Å². The first-order valence-corrected chi connectivity index (χ1v) is 12.9. The predicted molar refractivity (Wildman–Crippen MR) is 142 cm³/mol. The van der Waals surface area contributed by atoms with Crippen molar-refractivity contribution in [3.05, 3.63) is 50.8 Å². The summed E-state index contributed by atoms with van der Waals surface area (Å²) in [6, 6.07) is 5.32. The summed E-state index contributed by atoms with van der Waals surface area (Å²) >= 11 is 0. The summed E-state index contributed by atoms with van der Waals surface area (Å²) in [7, 11) is 1.45. The van der Waals surface area contributed by atoms with Crippen LogP contribution in [0.25, 0.3) is 22.3 Å². The number of hydrogen-bond acceptors (Lipinski definition) is 11. The number of esters is 1. The van der Waals surface area contributed by atoms with E-state index in [9.17, 15) is 19.5 Å². The van der Waals surface area contributed by atoms with Crippen LogP contribution in [0.4, 0.5) is 0 Å². The van der Waals surface area contributed by atoms with Crippen LogP contribution in [0.1, 0.15) is 49.1 Å². The molecule has 12 nitrogen and oxygen atoms in total. The quantitative estimate of drug-likeness (QED) is 0.127. The molecule has 0 radical (unpaired) electrons. The van der Waals surface area contributed by atoms with Gasteiger partial charge in [-0.2, -0.15) is 5.06 Å². The maximum absolute atomic E-state index is 13.6. The van der Waals surface area contributed by atoms with Gasteiger partial charge in [-0.3, -0.25) is 14.4 Å². The number of carbonyl (C=O) groups is 2. The van der Waals surface area contributed by atoms with E-state index in [1.165, 1.54) is 14.0 Å². The van der Waals surface area contributed by atoms with Crippen molar-refractivity contribution in [3.8, 4) is 22.9 Å². The zero-order chi connectivity index (χ0) is 28.6. The van der Waals surface area contributed by atoms with E-state index in [0.717, 1.165) is 16.5 Å². The first-order chi connectivity index (χ1) is 19.2. The van der Waals surface area contributed by atoms with Gasteiger partial charge in [-0.1, -0.05) is 0 Å². The molecule has 2 aliphatic rings. The smallest absolute Gasteiger partial charge is 0.304 e. The minimum Gasteiger partial charge on any atom is -0.454 e. The molecule has 0 saturated heterocycles. The number of methoxy groups -OCH3 is 1. The summed E-state index contributed by atoms with van der Waals surface area (Å²) in [5.74, 6) is 0.740. The Kier molecular flexibility index (Phi) is 7.86. The molecule has 1 aromatic carbocycles. The minimum absolute atomic E-state index is 0.0125. The van der Waals surface area contributed by atoms with E-state index in [1.807, 2.05) is 19.9 Å². The van der Waals surface area contributed by atoms with Gasteiger partial charge in [0.2, 0.25) is 13.6 Å². The summed E-state index contributed by atoms with van der Waals surface area (Å²) in [6.07, 6.45) is -0.580. The van der Waals surface area contributed by atoms with Crippen LogP contribution in [-0.2, 0) is 43.5 Å². The molecule has 0 amide bonds. The standard InChI is InChI=1S/C28H31N3O9/c1-15(2)31(40-14-37-16(3)33)6-5-17-18-8-25-26(39-13-38-25)9-22(18)29-27-20(17)10-30-23(27)7-19(24(34)11-32)21(12-36-4)28(30)35/h7-9,11,15,24,34H,5-6,10,12-14H2,1-4H3. The number of hydrogen-bond donors (Lipinski definition) is 1. The van der Waals surface area contributed by atoms with Crippen molar-refractivity contribution in [1.29, 1.82) is 0 Å². The molecular weight excluding hydrogens is 522 g/mol. The number of benzene rings is 1. The van der Waals surface area contributed by atoms with Crippen molar-refractivity contribution >= 4 is 23.2 Å². The first-order valence-electron chi connectivity index (χ1n) is 12.9. The summed E-state index contributed by atoms with van der Waals surface area (Å²) in [5.41, 5.74) is 3.57. The molecule has 2 aliphatic heterocycles. The Balaban J connectivity index is 1.63. The van der Waals surface area contributed by atoms with Gasteiger partial charge in [0, 0.05) is 54.8 Å². The molecule has 0 saturated carbocycles. The number of ether oxygens (including phenoxy) is 4. The maximum atomic E-state index is 13.6. The highest BCUT2D eigenvalue weighted by Crippen LogP contribution is 2.42. The molecule has 4 heterocycles. The molecule has 0 spiro atoms. The van der Waals surface area contributed by atoms with Crippen LogP contribution in [0, 0.1) is 0 Å². The van der Waals surface area contributed by atoms with E-state index < -0.39 is 12.1 Å². The number of nitrogens with zero attached hydrogens (tertiary/aromatic N) is 3. The second-order valence-corrected chi connectivity index (χ2v) is 9.88. The highest BCUT2D eigenvalue weighted by Gasteiger charge is 2.31. The van der Waals surface area contributed by atoms with Crippen LogP contribution in [0.5, 0.6) is 11.5 Å². The second-order valence-electron chi connectivity index (χ2n) is 9.88. The van der Waals surface area contributed by atoms with Gasteiger partial charge in [0.15, 0.2) is 17.8 Å². The van der Waals surface area contributed by atoms with Gasteiger partial charge in [-0.15, -0.1) is 0 Å². The molecule has 212 valence electrons. The fourth-order valence-electron chi connectivity index (χ4n) is 5.14. The van der Waals surface area contributed by atoms with Crippen LogP contribution in [0.3, 0.4) is 0 Å². The van der Waals surface area contributed by atoms with Crippen LogP contribution in [0.2, 0.25) is 0 Å². The number of aromatic nitrogens is 2. The fourth-order valence-corrected chi connectivity index (χ4v) is 5.14. The van der Waals surface area contributed by atoms with E-state index in [2.05, 4.69) is 0 Å². The van der Waals surface area contributed by atoms with E-state index >= 15 is 0 Å². The molecule has 0 fully saturated rings. The van der Waals surface area contributed by atoms with Gasteiger partial charge >= 0.3 is 5.97 Å². The Hall–Kier alpha value is -3.84. The molecular formula is C28H31N3O9. The Bertz CT molecular complexity index is 1530. The number of aldehydes is 1. The van der Waals surface area contributed by atoms with Gasteiger partial charge < -0.3 is 33.4 Å². The zero-order valence-electron chi connectivity index (χ0n) is 22.8. The van der Waals surface area contributed by atoms with Crippen LogP contribution in [-0.4, -0.2) is 65.3 Å². The molecule has 3 aromatic rings. The van der Waals surface area contributed by atoms with E-state index in [-0.39, 0.29) is 49.5 Å². The lowest BCUT2D eigenvalue weighted by molar-refractivity contribution is -0.235. The van der Waals surface area contributed by atoms with Gasteiger partial charge in [0.1, 0.15) is 6.10 Å². The van der Waals surface area contributed by atoms with Crippen molar-refractivity contribution in [2.75, 3.05) is 27.2 Å². The number of rotatable bonds is 11. The minimum atomic E-state index is -1.48. The summed E-state index contributed by atoms with van der Waals surface area (Å²) < 4.78 is 23.0. The van der Waals surface area contributed by atoms with Gasteiger partial charge in [-0.05, 0) is 38.0 Å². The lowest BCUT2D eigenvalue weighted by Crippen LogP contribution is -2.34. The number of aliphatic hydroxyl groups excluding tert-OH is 1. The number of carbonyl (C=O) groups excluding carboxylic acids is 2. The number of aliphatic hydroxyl groups is 1. The first kappa shape index (κ1) is 27.7. The lowest BCUT2D eigenvalue weighted by atomic mass is 9.97. The lowest BCUT2D eigenvalue weighted by Gasteiger charge is -2.25. The Morgan fingerprint density at radius 1 is 1.23 bits per heavy atom. The van der Waals surface area contributed by atoms with Crippen LogP contribution >= 0.6 is 0 Å². The summed E-state index contributed by atoms with van der Waals surface area (Å²) in [5, 5.41) is 13.0. The molecule has 12 heteroatoms. The molecule has 2 aromatic heterocycles. The average Bonchev–Trinajstić information content (AvgIpc) is 3.53. The third-order valence-electron chi connectivity index (χ3n) is 7.07. The molecule has 1 N–H and O–H groups in total. The van der Waals surface area contributed by atoms with Crippen molar-refractivity contribution in [3.63, 3.8) is 0 Å². The highest BCUT2D eigenvalue weighted by molar-refractivity contribution is 5.91. The zero-order valence-corrected chi connectivity index (χ0v) is 22.8. The van der Waals surface area contributed by atoms with Crippen LogP contribution in [0.15, 0.2) is 23.0 Å². The number of hydroxylamine groups is 2. The normalized spacial score (nSPS) is 14.1. The Labute approximate surface area is 229 Å². The molecule has 1 atom stereocenters. The third-order valence-corrected chi connectivity index (χ3v) is 7.07. The van der Waals surface area contributed by atoms with Crippen molar-refractivity contribution < 1.29 is 38.5 Å². The van der Waals surface area contributed by atoms with E-state index in [0.29, 0.717) is 47.7 Å². The molecule has 5 rings (SSSR count). The average molecular weight is 554 g/mol. The SMILES string of the molecule is COCc1c(C(O)C=O)cc2n(c1=O)Cc1c-2nc2cc3c(cc2c1CCN(OCOC(C)=O)C(C)C)OCO3. The molecule has 0 bridgehead atoms. The van der Waals surface area contributed by atoms with E-state index in [4.69, 9.17) is 28.8 Å². The Morgan fingerprint density at radius 2 is 1.98 bits per heavy atom. The van der Waals surface area contributed by atoms with Gasteiger partial charge in [-0.25, -0.2) is 4.98 Å². The molecule has 40 heavy (non-hydrogen) atoms. The Morgan fingerprint density at radius 3 is 2.65 bits per heavy atom. The van der Waals surface area contributed by atoms with Crippen LogP contribution < -0.4 is 15.0 Å². The summed E-state index contributed by atoms with van der Waals surface area (Å²) in [6.45, 7) is 5.81. The third kappa shape index (κ3) is 5.06. The highest BCUT2D eigenvalue weighted by atomic mass is 16.8. The van der Waals surface area contributed by atoms with Gasteiger partial charge in [0.05, 0.1) is 30.1 Å².